The van der Waals surface area contributed by atoms with Crippen LogP contribution in [-0.2, 0) is 17.3 Å². The third-order valence-corrected chi connectivity index (χ3v) is 3.01. The standard InChI is InChI=1S/C12H12F3NOS/c13-12(14,15)9-3-1-2-8(6-9)4-5-10-7-17-11(18)16-10/h1-3,6,10H,4-5,7H2,(H,16,18). The molecule has 1 fully saturated rings. The molecular weight excluding hydrogens is 263 g/mol. The van der Waals surface area contributed by atoms with Gasteiger partial charge in [0.2, 0.25) is 0 Å². The Morgan fingerprint density at radius 1 is 1.39 bits per heavy atom. The Balaban J connectivity index is 1.95. The van der Waals surface area contributed by atoms with Crippen LogP contribution in [0.4, 0.5) is 13.2 Å². The summed E-state index contributed by atoms with van der Waals surface area (Å²) >= 11 is 4.81. The first-order valence-corrected chi connectivity index (χ1v) is 5.95. The summed E-state index contributed by atoms with van der Waals surface area (Å²) in [5.74, 6) is 0. The number of nitrogens with one attached hydrogen (secondary N) is 1. The van der Waals surface area contributed by atoms with E-state index in [9.17, 15) is 13.2 Å². The minimum absolute atomic E-state index is 0.0899. The van der Waals surface area contributed by atoms with Crippen molar-refractivity contribution in [3.63, 3.8) is 0 Å². The molecular formula is C12H12F3NOS. The molecule has 0 radical (unpaired) electrons. The molecule has 1 atom stereocenters. The zero-order valence-corrected chi connectivity index (χ0v) is 10.3. The molecule has 2 nitrogen and oxygen atoms in total. The molecule has 1 unspecified atom stereocenters. The second kappa shape index (κ2) is 5.14. The topological polar surface area (TPSA) is 21.3 Å². The summed E-state index contributed by atoms with van der Waals surface area (Å²) in [5.41, 5.74) is 0.0654. The normalized spacial score (nSPS) is 19.5. The van der Waals surface area contributed by atoms with Crippen LogP contribution in [-0.4, -0.2) is 17.8 Å². The van der Waals surface area contributed by atoms with Crippen molar-refractivity contribution in [2.45, 2.75) is 25.1 Å². The van der Waals surface area contributed by atoms with Crippen LogP contribution in [0.25, 0.3) is 0 Å². The summed E-state index contributed by atoms with van der Waals surface area (Å²) in [5, 5.41) is 3.32. The molecule has 1 aliphatic rings. The van der Waals surface area contributed by atoms with E-state index < -0.39 is 11.7 Å². The number of benzene rings is 1. The number of hydrogen-bond acceptors (Lipinski definition) is 2. The van der Waals surface area contributed by atoms with Crippen LogP contribution in [0.5, 0.6) is 0 Å². The first-order valence-electron chi connectivity index (χ1n) is 5.54. The Hall–Kier alpha value is -1.30. The van der Waals surface area contributed by atoms with Crippen molar-refractivity contribution < 1.29 is 17.9 Å². The van der Waals surface area contributed by atoms with Gasteiger partial charge in [-0.1, -0.05) is 18.2 Å². The number of aryl methyl sites for hydroxylation is 1. The van der Waals surface area contributed by atoms with E-state index in [1.807, 2.05) is 0 Å². The van der Waals surface area contributed by atoms with Gasteiger partial charge in [0, 0.05) is 0 Å². The first-order chi connectivity index (χ1) is 8.45. The molecule has 2 rings (SSSR count). The number of ether oxygens (including phenoxy) is 1. The Kier molecular flexibility index (Phi) is 3.75. The minimum Gasteiger partial charge on any atom is -0.469 e. The Morgan fingerprint density at radius 2 is 2.17 bits per heavy atom. The molecule has 18 heavy (non-hydrogen) atoms. The molecule has 1 aromatic carbocycles. The maximum absolute atomic E-state index is 12.5. The zero-order chi connectivity index (χ0) is 13.2. The number of hydrogen-bond donors (Lipinski definition) is 1. The summed E-state index contributed by atoms with van der Waals surface area (Å²) in [6, 6.07) is 5.49. The predicted molar refractivity (Wildman–Crippen MR) is 65.2 cm³/mol. The van der Waals surface area contributed by atoms with E-state index >= 15 is 0 Å². The molecule has 1 aliphatic heterocycles. The molecule has 1 N–H and O–H groups in total. The largest absolute Gasteiger partial charge is 0.469 e. The van der Waals surface area contributed by atoms with Gasteiger partial charge in [-0.05, 0) is 36.7 Å². The van der Waals surface area contributed by atoms with Gasteiger partial charge in [-0.15, -0.1) is 0 Å². The van der Waals surface area contributed by atoms with Gasteiger partial charge in [-0.3, -0.25) is 0 Å². The summed E-state index contributed by atoms with van der Waals surface area (Å²) in [4.78, 5) is 0. The molecule has 0 aromatic heterocycles. The maximum atomic E-state index is 12.5. The monoisotopic (exact) mass is 275 g/mol. The van der Waals surface area contributed by atoms with E-state index in [2.05, 4.69) is 5.32 Å². The van der Waals surface area contributed by atoms with Crippen molar-refractivity contribution in [3.05, 3.63) is 35.4 Å². The zero-order valence-electron chi connectivity index (χ0n) is 9.46. The molecule has 1 heterocycles. The third kappa shape index (κ3) is 3.35. The quantitative estimate of drug-likeness (QED) is 0.857. The van der Waals surface area contributed by atoms with E-state index in [1.54, 1.807) is 6.07 Å². The van der Waals surface area contributed by atoms with Crippen molar-refractivity contribution in [3.8, 4) is 0 Å². The second-order valence-electron chi connectivity index (χ2n) is 4.18. The summed E-state index contributed by atoms with van der Waals surface area (Å²) in [6.45, 7) is 0.484. The fraction of sp³-hybridized carbons (Fsp3) is 0.417. The highest BCUT2D eigenvalue weighted by Crippen LogP contribution is 2.29. The van der Waals surface area contributed by atoms with Gasteiger partial charge >= 0.3 is 6.18 Å². The van der Waals surface area contributed by atoms with Crippen LogP contribution in [0.15, 0.2) is 24.3 Å². The lowest BCUT2D eigenvalue weighted by atomic mass is 10.0. The van der Waals surface area contributed by atoms with Crippen molar-refractivity contribution in [1.29, 1.82) is 0 Å². The third-order valence-electron chi connectivity index (χ3n) is 2.77. The molecule has 98 valence electrons. The molecule has 0 spiro atoms. The average molecular weight is 275 g/mol. The van der Waals surface area contributed by atoms with Gasteiger partial charge in [-0.25, -0.2) is 0 Å². The molecule has 6 heteroatoms. The van der Waals surface area contributed by atoms with Crippen LogP contribution >= 0.6 is 12.2 Å². The summed E-state index contributed by atoms with van der Waals surface area (Å²) in [6.07, 6.45) is -3.03. The second-order valence-corrected chi connectivity index (χ2v) is 4.55. The lowest BCUT2D eigenvalue weighted by Crippen LogP contribution is -2.26. The van der Waals surface area contributed by atoms with E-state index in [4.69, 9.17) is 17.0 Å². The van der Waals surface area contributed by atoms with E-state index in [1.165, 1.54) is 12.1 Å². The van der Waals surface area contributed by atoms with Crippen molar-refractivity contribution in [2.24, 2.45) is 0 Å². The smallest absolute Gasteiger partial charge is 0.416 e. The number of alkyl halides is 3. The van der Waals surface area contributed by atoms with Gasteiger partial charge in [0.1, 0.15) is 6.61 Å². The molecule has 0 amide bonds. The van der Waals surface area contributed by atoms with E-state index in [-0.39, 0.29) is 6.04 Å². The Morgan fingerprint density at radius 3 is 2.78 bits per heavy atom. The van der Waals surface area contributed by atoms with Gasteiger partial charge in [-0.2, -0.15) is 13.2 Å². The van der Waals surface area contributed by atoms with Crippen LogP contribution < -0.4 is 5.32 Å². The Labute approximate surface area is 108 Å². The number of rotatable bonds is 3. The van der Waals surface area contributed by atoms with Crippen LogP contribution in [0.2, 0.25) is 0 Å². The predicted octanol–water partition coefficient (Wildman–Crippen LogP) is 2.91. The highest BCUT2D eigenvalue weighted by atomic mass is 32.1. The van der Waals surface area contributed by atoms with Gasteiger partial charge in [0.05, 0.1) is 11.6 Å². The van der Waals surface area contributed by atoms with E-state index in [0.717, 1.165) is 6.07 Å². The Bertz CT molecular complexity index is 447. The van der Waals surface area contributed by atoms with Crippen LogP contribution in [0, 0.1) is 0 Å². The van der Waals surface area contributed by atoms with E-state index in [0.29, 0.717) is 30.2 Å². The van der Waals surface area contributed by atoms with Crippen molar-refractivity contribution in [2.75, 3.05) is 6.61 Å². The lowest BCUT2D eigenvalue weighted by molar-refractivity contribution is -0.137. The minimum atomic E-state index is -4.29. The highest BCUT2D eigenvalue weighted by Gasteiger charge is 2.30. The summed E-state index contributed by atoms with van der Waals surface area (Å²) < 4.78 is 42.6. The summed E-state index contributed by atoms with van der Waals surface area (Å²) in [7, 11) is 0. The molecule has 1 saturated heterocycles. The fourth-order valence-corrected chi connectivity index (χ4v) is 2.06. The fourth-order valence-electron chi connectivity index (χ4n) is 1.83. The van der Waals surface area contributed by atoms with Crippen molar-refractivity contribution >= 4 is 17.4 Å². The van der Waals surface area contributed by atoms with Crippen LogP contribution in [0.3, 0.4) is 0 Å². The molecule has 0 saturated carbocycles. The van der Waals surface area contributed by atoms with Crippen molar-refractivity contribution in [1.82, 2.24) is 5.32 Å². The van der Waals surface area contributed by atoms with Gasteiger partial charge < -0.3 is 10.1 Å². The van der Waals surface area contributed by atoms with Gasteiger partial charge in [0.25, 0.3) is 5.17 Å². The SMILES string of the molecule is FC(F)(F)c1cccc(CCC2COC(=S)N2)c1. The van der Waals surface area contributed by atoms with Crippen LogP contribution in [0.1, 0.15) is 17.5 Å². The first kappa shape index (κ1) is 13.1. The molecule has 1 aromatic rings. The average Bonchev–Trinajstić information content (AvgIpc) is 2.72. The van der Waals surface area contributed by atoms with Gasteiger partial charge in [0.15, 0.2) is 0 Å². The number of halogens is 3. The highest BCUT2D eigenvalue weighted by molar-refractivity contribution is 7.80. The lowest BCUT2D eigenvalue weighted by Gasteiger charge is -2.10. The maximum Gasteiger partial charge on any atom is 0.416 e. The molecule has 0 aliphatic carbocycles. The molecule has 0 bridgehead atoms. The number of thiocarbonyl (C=S) groups is 1.